The summed E-state index contributed by atoms with van der Waals surface area (Å²) >= 11 is 1.26. The molecule has 4 nitrogen and oxygen atoms in total. The zero-order valence-electron chi connectivity index (χ0n) is 6.47. The van der Waals surface area contributed by atoms with Crippen LogP contribution in [0.25, 0.3) is 0 Å². The van der Waals surface area contributed by atoms with E-state index in [4.69, 9.17) is 5.11 Å². The Morgan fingerprint density at radius 2 is 1.70 bits per heavy atom. The molecule has 0 unspecified atom stereocenters. The third kappa shape index (κ3) is 91.1. The van der Waals surface area contributed by atoms with Crippen LogP contribution in [0.1, 0.15) is 0 Å². The average molecular weight is 157 g/mol. The van der Waals surface area contributed by atoms with Gasteiger partial charge < -0.3 is 17.4 Å². The van der Waals surface area contributed by atoms with Crippen LogP contribution in [-0.2, 0) is 4.79 Å². The second kappa shape index (κ2) is 22.9. The normalized spacial score (nSPS) is 5.10. The molecule has 0 spiro atoms. The average Bonchev–Trinajstić information content (AvgIpc) is 1.69. The second-order valence-corrected chi connectivity index (χ2v) is 2.04. The number of aliphatic carboxylic acids is 1. The monoisotopic (exact) mass is 157 g/mol. The molecule has 7 N–H and O–H groups in total. The molecule has 0 fully saturated rings. The number of hydrogen-bond acceptors (Lipinski definition) is 3. The third-order valence-electron chi connectivity index (χ3n) is 0.175. The van der Waals surface area contributed by atoms with Gasteiger partial charge in [-0.1, -0.05) is 6.58 Å². The molecule has 57 valence electrons. The van der Waals surface area contributed by atoms with Gasteiger partial charge in [-0.25, -0.2) is 4.79 Å². The molecular weight excluding hydrogens is 143 g/mol. The number of carbonyl (C=O) groups is 1. The van der Waals surface area contributed by atoms with Crippen molar-refractivity contribution in [3.8, 4) is 0 Å². The summed E-state index contributed by atoms with van der Waals surface area (Å²) in [7, 11) is 0. The third-order valence-corrected chi connectivity index (χ3v) is 0.175. The minimum absolute atomic E-state index is 0. The number of carboxylic acid groups (broad SMARTS) is 1. The molecule has 0 aliphatic rings. The fourth-order valence-corrected chi connectivity index (χ4v) is 0. The van der Waals surface area contributed by atoms with Crippen molar-refractivity contribution in [3.63, 3.8) is 0 Å². The van der Waals surface area contributed by atoms with Gasteiger partial charge in [-0.3, -0.25) is 0 Å². The summed E-state index contributed by atoms with van der Waals surface area (Å²) in [6.45, 7) is 6.51. The maximum absolute atomic E-state index is 9.25. The predicted molar refractivity (Wildman–Crippen MR) is 43.8 cm³/mol. The van der Waals surface area contributed by atoms with Crippen LogP contribution in [0.4, 0.5) is 0 Å². The molecule has 1 radical (unpaired) electrons. The van der Waals surface area contributed by atoms with Gasteiger partial charge in [-0.05, 0) is 0 Å². The molecule has 0 bridgehead atoms. The van der Waals surface area contributed by atoms with E-state index >= 15 is 0 Å². The molecule has 0 saturated carbocycles. The van der Waals surface area contributed by atoms with Crippen LogP contribution >= 0.6 is 0 Å². The first kappa shape index (κ1) is 22.5. The fraction of sp³-hybridized carbons (Fsp3) is 0.200. The van der Waals surface area contributed by atoms with Gasteiger partial charge in [0, 0.05) is 6.08 Å². The van der Waals surface area contributed by atoms with E-state index in [0.717, 1.165) is 9.75 Å². The van der Waals surface area contributed by atoms with Gasteiger partial charge in [0.15, 0.2) is 0 Å². The molecule has 0 aromatic carbocycles. The Bertz CT molecular complexity index is 78.0. The van der Waals surface area contributed by atoms with Gasteiger partial charge in [-0.15, -0.1) is 0 Å². The summed E-state index contributed by atoms with van der Waals surface area (Å²) in [6.07, 6.45) is 0.833. The fourth-order valence-electron chi connectivity index (χ4n) is 0. The quantitative estimate of drug-likeness (QED) is 0.389. The van der Waals surface area contributed by atoms with E-state index in [9.17, 15) is 4.79 Å². The van der Waals surface area contributed by atoms with Crippen LogP contribution in [0.2, 0.25) is 3.67 Å². The SMILES string of the molecule is C=CC(=O)O.N.N.[CH2][CH2][Na]. The molecule has 0 aliphatic heterocycles. The molecule has 10 heavy (non-hydrogen) atoms. The van der Waals surface area contributed by atoms with Crippen LogP contribution in [0, 0.1) is 6.92 Å². The first-order valence-electron chi connectivity index (χ1n) is 2.33. The Morgan fingerprint density at radius 1 is 1.60 bits per heavy atom. The van der Waals surface area contributed by atoms with E-state index < -0.39 is 5.97 Å². The first-order chi connectivity index (χ1) is 3.68. The van der Waals surface area contributed by atoms with Crippen molar-refractivity contribution < 1.29 is 9.90 Å². The Labute approximate surface area is 79.3 Å². The van der Waals surface area contributed by atoms with Gasteiger partial charge >= 0.3 is 44.5 Å². The summed E-state index contributed by atoms with van der Waals surface area (Å²) in [6, 6.07) is 0. The van der Waals surface area contributed by atoms with Gasteiger partial charge in [0.25, 0.3) is 0 Å². The molecule has 0 aromatic heterocycles. The van der Waals surface area contributed by atoms with Crippen molar-refractivity contribution in [2.75, 3.05) is 0 Å². The van der Waals surface area contributed by atoms with E-state index in [2.05, 4.69) is 13.5 Å². The molecule has 0 heterocycles. The van der Waals surface area contributed by atoms with Crippen LogP contribution in [-0.4, -0.2) is 39.0 Å². The molecule has 5 heteroatoms. The van der Waals surface area contributed by atoms with Crippen molar-refractivity contribution in [2.24, 2.45) is 0 Å². The van der Waals surface area contributed by atoms with E-state index in [-0.39, 0.29) is 12.3 Å². The Hall–Kier alpha value is 0.130. The zero-order chi connectivity index (χ0) is 6.99. The van der Waals surface area contributed by atoms with Crippen molar-refractivity contribution in [2.45, 2.75) is 3.67 Å². The van der Waals surface area contributed by atoms with Crippen LogP contribution in [0.15, 0.2) is 12.7 Å². The summed E-state index contributed by atoms with van der Waals surface area (Å²) in [4.78, 5) is 9.25. The molecule has 0 rings (SSSR count). The van der Waals surface area contributed by atoms with Gasteiger partial charge in [0.1, 0.15) is 0 Å². The maximum atomic E-state index is 9.25. The molecule has 0 saturated heterocycles. The van der Waals surface area contributed by atoms with Crippen LogP contribution in [0.3, 0.4) is 0 Å². The number of hydrogen-bond donors (Lipinski definition) is 3. The first-order valence-corrected chi connectivity index (χ1v) is 3.75. The van der Waals surface area contributed by atoms with Crippen molar-refractivity contribution in [1.82, 2.24) is 12.3 Å². The molecular formula is C5H14N2NaO2. The molecule has 0 aliphatic carbocycles. The molecule has 0 atom stereocenters. The van der Waals surface area contributed by atoms with Crippen molar-refractivity contribution in [1.29, 1.82) is 0 Å². The summed E-state index contributed by atoms with van der Waals surface area (Å²) in [5.41, 5.74) is 0. The summed E-state index contributed by atoms with van der Waals surface area (Å²) in [5, 5.41) is 7.60. The Balaban J connectivity index is -0.0000000326. The number of rotatable bonds is 1. The van der Waals surface area contributed by atoms with E-state index in [1.807, 2.05) is 0 Å². The summed E-state index contributed by atoms with van der Waals surface area (Å²) < 4.78 is 1.14. The standard InChI is InChI=1S/C3H4O2.C2H4.2H3N.Na/c1-2-3(4)5;1-2;;;/h2H,1H2,(H,4,5);1-2H2;2*1H3;. The van der Waals surface area contributed by atoms with E-state index in [1.165, 1.54) is 27.9 Å². The second-order valence-electron chi connectivity index (χ2n) is 1.04. The topological polar surface area (TPSA) is 107 Å². The Kier molecular flexibility index (Phi) is 51.5. The van der Waals surface area contributed by atoms with Gasteiger partial charge in [0.05, 0.1) is 0 Å². The zero-order valence-corrected chi connectivity index (χ0v) is 8.47. The van der Waals surface area contributed by atoms with Crippen LogP contribution < -0.4 is 12.3 Å². The molecule has 0 aromatic rings. The van der Waals surface area contributed by atoms with Gasteiger partial charge in [-0.2, -0.15) is 0 Å². The van der Waals surface area contributed by atoms with Crippen molar-refractivity contribution >= 4 is 33.9 Å². The van der Waals surface area contributed by atoms with Crippen LogP contribution in [0.5, 0.6) is 0 Å². The Morgan fingerprint density at radius 3 is 1.70 bits per heavy atom. The van der Waals surface area contributed by atoms with E-state index in [1.54, 1.807) is 0 Å². The van der Waals surface area contributed by atoms with E-state index in [0.29, 0.717) is 0 Å². The minimum atomic E-state index is -0.981. The summed E-state index contributed by atoms with van der Waals surface area (Å²) in [5.74, 6) is -0.981. The van der Waals surface area contributed by atoms with Crippen molar-refractivity contribution in [3.05, 3.63) is 19.6 Å². The van der Waals surface area contributed by atoms with Gasteiger partial charge in [0.2, 0.25) is 0 Å². The number of carboxylic acids is 1. The molecule has 0 amide bonds. The predicted octanol–water partition coefficient (Wildman–Crippen LogP) is 0.988.